The predicted octanol–water partition coefficient (Wildman–Crippen LogP) is 3.00. The van der Waals surface area contributed by atoms with Crippen LogP contribution in [0, 0.1) is 5.92 Å². The molecule has 1 atom stereocenters. The summed E-state index contributed by atoms with van der Waals surface area (Å²) in [6.07, 6.45) is -3.40. The van der Waals surface area contributed by atoms with E-state index in [9.17, 15) is 18.0 Å². The van der Waals surface area contributed by atoms with Gasteiger partial charge in [0, 0.05) is 44.8 Å². The summed E-state index contributed by atoms with van der Waals surface area (Å²) in [5.74, 6) is 0.786. The first-order valence-corrected chi connectivity index (χ1v) is 10.4. The van der Waals surface area contributed by atoms with Crippen LogP contribution in [0.4, 0.5) is 13.2 Å². The third kappa shape index (κ3) is 9.49. The van der Waals surface area contributed by atoms with Gasteiger partial charge in [-0.05, 0) is 37.6 Å². The normalized spacial score (nSPS) is 16.6. The van der Waals surface area contributed by atoms with Crippen molar-refractivity contribution in [2.24, 2.45) is 10.9 Å². The zero-order chi connectivity index (χ0) is 22.7. The molecule has 0 aromatic heterocycles. The second kappa shape index (κ2) is 14.5. The van der Waals surface area contributed by atoms with Crippen LogP contribution in [0.5, 0.6) is 0 Å². The number of nitrogens with one attached hydrogen (secondary N) is 2. The molecule has 0 bridgehead atoms. The summed E-state index contributed by atoms with van der Waals surface area (Å²) in [5.41, 5.74) is -0.600. The SMILES string of the molecule is CCNC(=NCCNC(=O)c1ccc(C(F)(F)F)cc1)N1CCC(COCCOC)C1.I. The Hall–Kier alpha value is -1.60. The molecule has 1 amide bonds. The molecule has 1 unspecified atom stereocenters. The van der Waals surface area contributed by atoms with E-state index in [1.165, 1.54) is 12.1 Å². The van der Waals surface area contributed by atoms with Crippen LogP contribution >= 0.6 is 24.0 Å². The number of methoxy groups -OCH3 is 1. The fourth-order valence-corrected chi connectivity index (χ4v) is 3.22. The van der Waals surface area contributed by atoms with Crippen LogP contribution in [0.3, 0.4) is 0 Å². The number of benzene rings is 1. The van der Waals surface area contributed by atoms with Crippen molar-refractivity contribution in [2.75, 3.05) is 59.7 Å². The highest BCUT2D eigenvalue weighted by Crippen LogP contribution is 2.29. The van der Waals surface area contributed by atoms with Crippen molar-refractivity contribution in [1.29, 1.82) is 0 Å². The first-order valence-electron chi connectivity index (χ1n) is 10.4. The van der Waals surface area contributed by atoms with E-state index in [0.29, 0.717) is 32.3 Å². The van der Waals surface area contributed by atoms with Gasteiger partial charge in [0.1, 0.15) is 0 Å². The molecule has 0 aliphatic carbocycles. The summed E-state index contributed by atoms with van der Waals surface area (Å²) in [4.78, 5) is 18.9. The number of nitrogens with zero attached hydrogens (tertiary/aromatic N) is 2. The monoisotopic (exact) mass is 572 g/mol. The molecule has 32 heavy (non-hydrogen) atoms. The lowest BCUT2D eigenvalue weighted by atomic mass is 10.1. The number of ether oxygens (including phenoxy) is 2. The Balaban J connectivity index is 0.00000512. The molecule has 0 radical (unpaired) electrons. The lowest BCUT2D eigenvalue weighted by Crippen LogP contribution is -2.41. The number of amides is 1. The van der Waals surface area contributed by atoms with Gasteiger partial charge in [-0.15, -0.1) is 24.0 Å². The lowest BCUT2D eigenvalue weighted by molar-refractivity contribution is -0.137. The molecular weight excluding hydrogens is 540 g/mol. The minimum absolute atomic E-state index is 0. The van der Waals surface area contributed by atoms with E-state index in [0.717, 1.165) is 44.1 Å². The average Bonchev–Trinajstić information content (AvgIpc) is 3.21. The van der Waals surface area contributed by atoms with Crippen molar-refractivity contribution in [3.63, 3.8) is 0 Å². The number of aliphatic imine (C=N–C) groups is 1. The van der Waals surface area contributed by atoms with Gasteiger partial charge < -0.3 is 25.0 Å². The maximum atomic E-state index is 12.6. The molecule has 1 saturated heterocycles. The van der Waals surface area contributed by atoms with Crippen molar-refractivity contribution in [1.82, 2.24) is 15.5 Å². The molecule has 0 saturated carbocycles. The topological polar surface area (TPSA) is 75.2 Å². The van der Waals surface area contributed by atoms with E-state index < -0.39 is 17.6 Å². The molecule has 1 heterocycles. The second-order valence-electron chi connectivity index (χ2n) is 7.24. The molecule has 2 N–H and O–H groups in total. The van der Waals surface area contributed by atoms with Crippen LogP contribution in [0.1, 0.15) is 29.3 Å². The van der Waals surface area contributed by atoms with E-state index >= 15 is 0 Å². The summed E-state index contributed by atoms with van der Waals surface area (Å²) in [7, 11) is 1.64. The zero-order valence-electron chi connectivity index (χ0n) is 18.4. The minimum atomic E-state index is -4.42. The largest absolute Gasteiger partial charge is 0.416 e. The number of hydrogen-bond donors (Lipinski definition) is 2. The van der Waals surface area contributed by atoms with Crippen molar-refractivity contribution in [2.45, 2.75) is 19.5 Å². The van der Waals surface area contributed by atoms with Gasteiger partial charge >= 0.3 is 6.18 Å². The molecule has 0 spiro atoms. The number of rotatable bonds is 10. The van der Waals surface area contributed by atoms with Gasteiger partial charge in [0.25, 0.3) is 5.91 Å². The zero-order valence-corrected chi connectivity index (χ0v) is 20.7. The Labute approximate surface area is 204 Å². The first kappa shape index (κ1) is 28.4. The molecule has 7 nitrogen and oxygen atoms in total. The number of carbonyl (C=O) groups is 1. The van der Waals surface area contributed by atoms with Gasteiger partial charge in [0.05, 0.1) is 31.9 Å². The minimum Gasteiger partial charge on any atom is -0.382 e. The maximum Gasteiger partial charge on any atom is 0.416 e. The van der Waals surface area contributed by atoms with Crippen LogP contribution in [-0.2, 0) is 15.7 Å². The van der Waals surface area contributed by atoms with Crippen LogP contribution in [-0.4, -0.2) is 76.4 Å². The quantitative estimate of drug-likeness (QED) is 0.195. The van der Waals surface area contributed by atoms with Gasteiger partial charge in [0.2, 0.25) is 0 Å². The fourth-order valence-electron chi connectivity index (χ4n) is 3.22. The van der Waals surface area contributed by atoms with Crippen LogP contribution in [0.15, 0.2) is 29.3 Å². The molecular formula is C21H32F3IN4O3. The molecule has 1 aliphatic rings. The predicted molar refractivity (Wildman–Crippen MR) is 128 cm³/mol. The Morgan fingerprint density at radius 2 is 1.94 bits per heavy atom. The molecule has 182 valence electrons. The highest BCUT2D eigenvalue weighted by atomic mass is 127. The molecule has 2 rings (SSSR count). The molecule has 1 fully saturated rings. The van der Waals surface area contributed by atoms with Crippen LogP contribution in [0.2, 0.25) is 0 Å². The smallest absolute Gasteiger partial charge is 0.382 e. The third-order valence-corrected chi connectivity index (χ3v) is 4.84. The van der Waals surface area contributed by atoms with E-state index in [2.05, 4.69) is 20.5 Å². The third-order valence-electron chi connectivity index (χ3n) is 4.84. The number of hydrogen-bond acceptors (Lipinski definition) is 4. The second-order valence-corrected chi connectivity index (χ2v) is 7.24. The highest BCUT2D eigenvalue weighted by Gasteiger charge is 2.30. The van der Waals surface area contributed by atoms with Gasteiger partial charge in [0.15, 0.2) is 5.96 Å². The van der Waals surface area contributed by atoms with Crippen molar-refractivity contribution in [3.8, 4) is 0 Å². The van der Waals surface area contributed by atoms with Crippen LogP contribution < -0.4 is 10.6 Å². The van der Waals surface area contributed by atoms with E-state index in [1.807, 2.05) is 6.92 Å². The van der Waals surface area contributed by atoms with Crippen LogP contribution in [0.25, 0.3) is 0 Å². The number of guanidine groups is 1. The molecule has 1 aliphatic heterocycles. The van der Waals surface area contributed by atoms with E-state index in [-0.39, 0.29) is 36.1 Å². The average molecular weight is 572 g/mol. The summed E-state index contributed by atoms with van der Waals surface area (Å²) in [6.45, 7) is 6.93. The Morgan fingerprint density at radius 3 is 2.56 bits per heavy atom. The van der Waals surface area contributed by atoms with E-state index in [4.69, 9.17) is 9.47 Å². The lowest BCUT2D eigenvalue weighted by Gasteiger charge is -2.21. The van der Waals surface area contributed by atoms with Crippen molar-refractivity contribution < 1.29 is 27.4 Å². The van der Waals surface area contributed by atoms with Gasteiger partial charge in [-0.25, -0.2) is 0 Å². The highest BCUT2D eigenvalue weighted by molar-refractivity contribution is 14.0. The maximum absolute atomic E-state index is 12.6. The summed E-state index contributed by atoms with van der Waals surface area (Å²) >= 11 is 0. The summed E-state index contributed by atoms with van der Waals surface area (Å²) in [5, 5.41) is 5.95. The Morgan fingerprint density at radius 1 is 1.22 bits per heavy atom. The number of likely N-dealkylation sites (tertiary alicyclic amines) is 1. The number of carbonyl (C=O) groups excluding carboxylic acids is 1. The Bertz CT molecular complexity index is 717. The standard InChI is InChI=1S/C21H31F3N4O3.HI/c1-3-25-20(28-11-8-16(14-28)15-31-13-12-30-2)27-10-9-26-19(29)17-4-6-18(7-5-17)21(22,23)24;/h4-7,16H,3,8-15H2,1-2H3,(H,25,27)(H,26,29);1H. The molecule has 1 aromatic rings. The van der Waals surface area contributed by atoms with Crippen molar-refractivity contribution >= 4 is 35.8 Å². The fraction of sp³-hybridized carbons (Fsp3) is 0.619. The van der Waals surface area contributed by atoms with Gasteiger partial charge in [-0.1, -0.05) is 0 Å². The van der Waals surface area contributed by atoms with Gasteiger partial charge in [-0.3, -0.25) is 9.79 Å². The number of alkyl halides is 3. The van der Waals surface area contributed by atoms with E-state index in [1.54, 1.807) is 7.11 Å². The Kier molecular flexibility index (Phi) is 12.9. The van der Waals surface area contributed by atoms with Crippen molar-refractivity contribution in [3.05, 3.63) is 35.4 Å². The summed E-state index contributed by atoms with van der Waals surface area (Å²) < 4.78 is 48.4. The number of halogens is 4. The summed E-state index contributed by atoms with van der Waals surface area (Å²) in [6, 6.07) is 4.15. The first-order chi connectivity index (χ1) is 14.8. The molecule has 11 heteroatoms. The van der Waals surface area contributed by atoms with Gasteiger partial charge in [-0.2, -0.15) is 13.2 Å². The molecule has 1 aromatic carbocycles.